The van der Waals surface area contributed by atoms with Crippen LogP contribution in [0.25, 0.3) is 11.0 Å². The zero-order chi connectivity index (χ0) is 24.4. The number of nitrogens with zero attached hydrogens (tertiary/aromatic N) is 5. The Bertz CT molecular complexity index is 1250. The molecule has 0 atom stereocenters. The molecular weight excluding hydrogens is 449 g/mol. The molecule has 2 fully saturated rings. The van der Waals surface area contributed by atoms with E-state index in [9.17, 15) is 9.18 Å². The normalized spacial score (nSPS) is 20.8. The van der Waals surface area contributed by atoms with Crippen LogP contribution in [-0.2, 0) is 24.6 Å². The Morgan fingerprint density at radius 2 is 1.83 bits per heavy atom. The highest BCUT2D eigenvalue weighted by molar-refractivity contribution is 5.85. The van der Waals surface area contributed by atoms with E-state index in [-0.39, 0.29) is 17.5 Å². The molecule has 0 radical (unpaired) electrons. The summed E-state index contributed by atoms with van der Waals surface area (Å²) in [5.74, 6) is 0.800. The summed E-state index contributed by atoms with van der Waals surface area (Å²) in [5.41, 5.74) is 3.33. The number of fused-ring (bicyclic) bond motifs is 1. The van der Waals surface area contributed by atoms with Gasteiger partial charge in [-0.3, -0.25) is 4.79 Å². The number of aromatic nitrogens is 4. The predicted octanol–water partition coefficient (Wildman–Crippen LogP) is 3.44. The lowest BCUT2D eigenvalue weighted by Gasteiger charge is -2.31. The van der Waals surface area contributed by atoms with Gasteiger partial charge in [-0.1, -0.05) is 6.92 Å². The van der Waals surface area contributed by atoms with Crippen molar-refractivity contribution in [2.45, 2.75) is 51.6 Å². The van der Waals surface area contributed by atoms with Crippen molar-refractivity contribution in [2.24, 2.45) is 13.0 Å². The molecule has 9 heteroatoms. The maximum Gasteiger partial charge on any atom is 0.269 e. The maximum atomic E-state index is 14.6. The minimum Gasteiger partial charge on any atom is -0.488 e. The highest BCUT2D eigenvalue weighted by Gasteiger charge is 2.26. The van der Waals surface area contributed by atoms with Gasteiger partial charge in [0.25, 0.3) is 5.56 Å². The van der Waals surface area contributed by atoms with Crippen LogP contribution in [0.3, 0.4) is 0 Å². The van der Waals surface area contributed by atoms with Crippen LogP contribution in [0.4, 0.5) is 10.1 Å². The second kappa shape index (κ2) is 10.3. The molecule has 3 aromatic rings. The molecule has 0 unspecified atom stereocenters. The minimum atomic E-state index is -0.256. The van der Waals surface area contributed by atoms with Gasteiger partial charge in [-0.25, -0.2) is 19.3 Å². The first-order valence-corrected chi connectivity index (χ1v) is 12.5. The summed E-state index contributed by atoms with van der Waals surface area (Å²) in [7, 11) is 1.76. The molecule has 1 aliphatic carbocycles. The fourth-order valence-electron chi connectivity index (χ4n) is 5.17. The van der Waals surface area contributed by atoms with Gasteiger partial charge in [0.2, 0.25) is 0 Å². The van der Waals surface area contributed by atoms with Gasteiger partial charge in [-0.05, 0) is 50.5 Å². The van der Waals surface area contributed by atoms with Gasteiger partial charge >= 0.3 is 0 Å². The molecule has 2 aliphatic rings. The third kappa shape index (κ3) is 5.00. The lowest BCUT2D eigenvalue weighted by molar-refractivity contribution is 0.122. The Labute approximate surface area is 204 Å². The second-order valence-electron chi connectivity index (χ2n) is 9.47. The summed E-state index contributed by atoms with van der Waals surface area (Å²) in [6.45, 7) is 4.89. The van der Waals surface area contributed by atoms with Gasteiger partial charge in [-0.2, -0.15) is 0 Å². The molecule has 0 amide bonds. The van der Waals surface area contributed by atoms with Crippen molar-refractivity contribution in [2.75, 3.05) is 31.2 Å². The van der Waals surface area contributed by atoms with Gasteiger partial charge in [0.05, 0.1) is 42.4 Å². The van der Waals surface area contributed by atoms with Crippen LogP contribution in [0.2, 0.25) is 0 Å². The quantitative estimate of drug-likeness (QED) is 0.533. The summed E-state index contributed by atoms with van der Waals surface area (Å²) in [5, 5.41) is 0. The highest BCUT2D eigenvalue weighted by Crippen LogP contribution is 2.35. The van der Waals surface area contributed by atoms with E-state index in [0.29, 0.717) is 54.6 Å². The van der Waals surface area contributed by atoms with E-state index in [1.54, 1.807) is 11.6 Å². The molecule has 2 aromatic heterocycles. The monoisotopic (exact) mass is 481 g/mol. The number of aryl methyl sites for hydroxylation is 2. The van der Waals surface area contributed by atoms with Gasteiger partial charge in [0.15, 0.2) is 5.82 Å². The standard InChI is InChI=1S/C26H32FN5O3/c1-3-20-25(27)21(30-16-29-20)12-17-4-6-19(7-5-17)35-23-14-18(32-8-10-34-11-9-32)13-22-26(23)31(2)24(33)15-28-22/h13-17,19H,3-12H2,1-2H3. The summed E-state index contributed by atoms with van der Waals surface area (Å²) in [6.07, 6.45) is 7.67. The van der Waals surface area contributed by atoms with Crippen LogP contribution in [0.1, 0.15) is 44.0 Å². The van der Waals surface area contributed by atoms with Gasteiger partial charge in [0, 0.05) is 31.9 Å². The van der Waals surface area contributed by atoms with E-state index in [4.69, 9.17) is 9.47 Å². The molecule has 186 valence electrons. The topological polar surface area (TPSA) is 82.4 Å². The Morgan fingerprint density at radius 3 is 2.57 bits per heavy atom. The van der Waals surface area contributed by atoms with Crippen LogP contribution < -0.4 is 15.2 Å². The van der Waals surface area contributed by atoms with Crippen LogP contribution in [0, 0.1) is 11.7 Å². The average molecular weight is 482 g/mol. The van der Waals surface area contributed by atoms with Crippen molar-refractivity contribution in [3.05, 3.63) is 52.2 Å². The lowest BCUT2D eigenvalue weighted by Crippen LogP contribution is -2.36. The smallest absolute Gasteiger partial charge is 0.269 e. The van der Waals surface area contributed by atoms with E-state index in [1.165, 1.54) is 12.5 Å². The molecule has 0 N–H and O–H groups in total. The molecule has 35 heavy (non-hydrogen) atoms. The Hall–Kier alpha value is -3.07. The molecule has 1 aromatic carbocycles. The minimum absolute atomic E-state index is 0.0335. The van der Waals surface area contributed by atoms with E-state index in [1.807, 2.05) is 19.1 Å². The van der Waals surface area contributed by atoms with E-state index >= 15 is 0 Å². The number of benzene rings is 1. The van der Waals surface area contributed by atoms with E-state index < -0.39 is 0 Å². The third-order valence-electron chi connectivity index (χ3n) is 7.23. The van der Waals surface area contributed by atoms with Crippen molar-refractivity contribution in [1.29, 1.82) is 0 Å². The van der Waals surface area contributed by atoms with E-state index in [0.717, 1.165) is 50.0 Å². The Kier molecular flexibility index (Phi) is 6.95. The average Bonchev–Trinajstić information content (AvgIpc) is 2.89. The summed E-state index contributed by atoms with van der Waals surface area (Å²) >= 11 is 0. The Morgan fingerprint density at radius 1 is 1.09 bits per heavy atom. The van der Waals surface area contributed by atoms with Gasteiger partial charge in [0.1, 0.15) is 17.6 Å². The summed E-state index contributed by atoms with van der Waals surface area (Å²) in [4.78, 5) is 27.3. The first-order chi connectivity index (χ1) is 17.0. The van der Waals surface area contributed by atoms with Gasteiger partial charge < -0.3 is 18.9 Å². The maximum absolute atomic E-state index is 14.6. The lowest BCUT2D eigenvalue weighted by atomic mass is 9.84. The number of ether oxygens (including phenoxy) is 2. The summed E-state index contributed by atoms with van der Waals surface area (Å²) < 4.78 is 28.3. The molecule has 0 spiro atoms. The molecule has 5 rings (SSSR count). The van der Waals surface area contributed by atoms with Crippen molar-refractivity contribution >= 4 is 16.7 Å². The predicted molar refractivity (Wildman–Crippen MR) is 131 cm³/mol. The zero-order valence-electron chi connectivity index (χ0n) is 20.4. The number of hydrogen-bond donors (Lipinski definition) is 0. The van der Waals surface area contributed by atoms with Crippen molar-refractivity contribution < 1.29 is 13.9 Å². The fraction of sp³-hybridized carbons (Fsp3) is 0.538. The molecule has 0 bridgehead atoms. The molecule has 1 saturated carbocycles. The summed E-state index contributed by atoms with van der Waals surface area (Å²) in [6, 6.07) is 4.05. The van der Waals surface area contributed by atoms with Crippen molar-refractivity contribution in [1.82, 2.24) is 19.5 Å². The number of morpholine rings is 1. The molecule has 8 nitrogen and oxygen atoms in total. The van der Waals surface area contributed by atoms with Crippen molar-refractivity contribution in [3.63, 3.8) is 0 Å². The first kappa shape index (κ1) is 23.7. The van der Waals surface area contributed by atoms with Crippen LogP contribution in [0.5, 0.6) is 5.75 Å². The SMILES string of the molecule is CCc1ncnc(CC2CCC(Oc3cc(N4CCOCC4)cc4ncc(=O)n(C)c34)CC2)c1F. The zero-order valence-corrected chi connectivity index (χ0v) is 20.4. The Balaban J connectivity index is 1.33. The van der Waals surface area contributed by atoms with Crippen LogP contribution in [-0.4, -0.2) is 51.9 Å². The molecule has 1 saturated heterocycles. The fourth-order valence-corrected chi connectivity index (χ4v) is 5.17. The van der Waals surface area contributed by atoms with E-state index in [2.05, 4.69) is 19.9 Å². The third-order valence-corrected chi connectivity index (χ3v) is 7.23. The largest absolute Gasteiger partial charge is 0.488 e. The van der Waals surface area contributed by atoms with Crippen LogP contribution >= 0.6 is 0 Å². The number of hydrogen-bond acceptors (Lipinski definition) is 7. The first-order valence-electron chi connectivity index (χ1n) is 12.5. The number of halogens is 1. The molecule has 1 aliphatic heterocycles. The molecule has 3 heterocycles. The molecular formula is C26H32FN5O3. The van der Waals surface area contributed by atoms with Crippen LogP contribution in [0.15, 0.2) is 29.5 Å². The van der Waals surface area contributed by atoms with Crippen molar-refractivity contribution in [3.8, 4) is 5.75 Å². The van der Waals surface area contributed by atoms with Gasteiger partial charge in [-0.15, -0.1) is 0 Å². The highest BCUT2D eigenvalue weighted by atomic mass is 19.1. The number of anilines is 1. The second-order valence-corrected chi connectivity index (χ2v) is 9.47. The number of rotatable bonds is 6.